The molecule has 4 heteroatoms. The summed E-state index contributed by atoms with van der Waals surface area (Å²) >= 11 is 0. The minimum atomic E-state index is -0.231. The van der Waals surface area contributed by atoms with Crippen molar-refractivity contribution in [2.45, 2.75) is 38.8 Å². The average molecular weight is 268 g/mol. The van der Waals surface area contributed by atoms with E-state index in [2.05, 4.69) is 18.7 Å². The van der Waals surface area contributed by atoms with Crippen molar-refractivity contribution in [3.8, 4) is 0 Å². The molecule has 0 saturated carbocycles. The summed E-state index contributed by atoms with van der Waals surface area (Å²) in [5, 5.41) is 8.99. The second-order valence-electron chi connectivity index (χ2n) is 4.77. The first-order chi connectivity index (χ1) is 9.13. The second-order valence-corrected chi connectivity index (χ2v) is 4.77. The molecular weight excluding hydrogens is 243 g/mol. The molecule has 19 heavy (non-hydrogen) atoms. The quantitative estimate of drug-likeness (QED) is 0.760. The van der Waals surface area contributed by atoms with E-state index < -0.39 is 0 Å². The van der Waals surface area contributed by atoms with Crippen LogP contribution in [0.5, 0.6) is 0 Å². The maximum absolute atomic E-state index is 13.0. The molecule has 0 spiro atoms. The lowest BCUT2D eigenvalue weighted by Gasteiger charge is -2.35. The van der Waals surface area contributed by atoms with E-state index in [0.29, 0.717) is 0 Å². The summed E-state index contributed by atoms with van der Waals surface area (Å²) in [6.07, 6.45) is 1.58. The van der Waals surface area contributed by atoms with Crippen LogP contribution in [0.2, 0.25) is 0 Å². The lowest BCUT2D eigenvalue weighted by Crippen LogP contribution is -2.41. The van der Waals surface area contributed by atoms with E-state index in [-0.39, 0.29) is 24.5 Å². The van der Waals surface area contributed by atoms with Crippen molar-refractivity contribution in [1.29, 1.82) is 0 Å². The first-order valence-corrected chi connectivity index (χ1v) is 7.00. The number of hydrogen-bond acceptors (Lipinski definition) is 3. The summed E-state index contributed by atoms with van der Waals surface area (Å²) in [5.41, 5.74) is 7.28. The van der Waals surface area contributed by atoms with Crippen LogP contribution in [-0.2, 0) is 0 Å². The van der Waals surface area contributed by atoms with Gasteiger partial charge in [-0.1, -0.05) is 26.0 Å². The molecule has 0 amide bonds. The zero-order valence-corrected chi connectivity index (χ0v) is 11.8. The minimum absolute atomic E-state index is 0.00380. The molecule has 0 bridgehead atoms. The van der Waals surface area contributed by atoms with Crippen LogP contribution in [0, 0.1) is 5.82 Å². The lowest BCUT2D eigenvalue weighted by atomic mass is 9.96. The van der Waals surface area contributed by atoms with E-state index in [4.69, 9.17) is 10.8 Å². The van der Waals surface area contributed by atoms with Gasteiger partial charge in [-0.25, -0.2) is 4.39 Å². The van der Waals surface area contributed by atoms with Gasteiger partial charge in [0.15, 0.2) is 0 Å². The molecule has 0 fully saturated rings. The van der Waals surface area contributed by atoms with Crippen molar-refractivity contribution in [3.05, 3.63) is 35.6 Å². The molecule has 0 heterocycles. The van der Waals surface area contributed by atoms with Gasteiger partial charge >= 0.3 is 0 Å². The molecule has 2 atom stereocenters. The zero-order chi connectivity index (χ0) is 14.3. The highest BCUT2D eigenvalue weighted by molar-refractivity contribution is 5.21. The molecular formula is C15H25FN2O. The Morgan fingerprint density at radius 3 is 2.37 bits per heavy atom. The molecule has 0 aliphatic rings. The summed E-state index contributed by atoms with van der Waals surface area (Å²) in [4.78, 5) is 2.25. The number of benzene rings is 1. The topological polar surface area (TPSA) is 49.5 Å². The number of nitrogens with two attached hydrogens (primary N) is 1. The Kier molecular flexibility index (Phi) is 6.99. The molecule has 3 N–H and O–H groups in total. The van der Waals surface area contributed by atoms with Crippen LogP contribution in [0.25, 0.3) is 0 Å². The maximum atomic E-state index is 13.0. The first-order valence-electron chi connectivity index (χ1n) is 7.00. The number of halogens is 1. The van der Waals surface area contributed by atoms with Gasteiger partial charge in [-0.3, -0.25) is 4.90 Å². The number of hydrogen-bond donors (Lipinski definition) is 2. The van der Waals surface area contributed by atoms with Crippen LogP contribution in [0.3, 0.4) is 0 Å². The van der Waals surface area contributed by atoms with Crippen LogP contribution >= 0.6 is 0 Å². The molecule has 2 unspecified atom stereocenters. The van der Waals surface area contributed by atoms with Gasteiger partial charge in [0.25, 0.3) is 0 Å². The van der Waals surface area contributed by atoms with Gasteiger partial charge in [0.05, 0.1) is 0 Å². The second kappa shape index (κ2) is 8.25. The SMILES string of the molecule is CCC(N)C(c1ccc(F)cc1)N(CC)CCCO. The Morgan fingerprint density at radius 1 is 1.26 bits per heavy atom. The van der Waals surface area contributed by atoms with Gasteiger partial charge in [-0.05, 0) is 37.1 Å². The van der Waals surface area contributed by atoms with Crippen LogP contribution in [0.15, 0.2) is 24.3 Å². The average Bonchev–Trinajstić information content (AvgIpc) is 2.44. The summed E-state index contributed by atoms with van der Waals surface area (Å²) in [5.74, 6) is -0.231. The van der Waals surface area contributed by atoms with Crippen molar-refractivity contribution in [3.63, 3.8) is 0 Å². The van der Waals surface area contributed by atoms with E-state index in [9.17, 15) is 4.39 Å². The molecule has 0 aliphatic carbocycles. The molecule has 0 aromatic heterocycles. The van der Waals surface area contributed by atoms with Gasteiger partial charge in [-0.2, -0.15) is 0 Å². The standard InChI is InChI=1S/C15H25FN2O/c1-3-14(17)15(18(4-2)10-5-11-19)12-6-8-13(16)9-7-12/h6-9,14-15,19H,3-5,10-11,17H2,1-2H3. The first kappa shape index (κ1) is 16.1. The van der Waals surface area contributed by atoms with Crippen molar-refractivity contribution in [1.82, 2.24) is 4.90 Å². The highest BCUT2D eigenvalue weighted by Crippen LogP contribution is 2.25. The van der Waals surface area contributed by atoms with E-state index in [1.165, 1.54) is 12.1 Å². The van der Waals surface area contributed by atoms with Crippen molar-refractivity contribution in [2.24, 2.45) is 5.73 Å². The Labute approximate surface area is 115 Å². The third-order valence-corrected chi connectivity index (χ3v) is 3.49. The third kappa shape index (κ3) is 4.56. The summed E-state index contributed by atoms with van der Waals surface area (Å²) in [6, 6.07) is 6.63. The Morgan fingerprint density at radius 2 is 1.89 bits per heavy atom. The van der Waals surface area contributed by atoms with Crippen molar-refractivity contribution in [2.75, 3.05) is 19.7 Å². The molecule has 1 aromatic carbocycles. The monoisotopic (exact) mass is 268 g/mol. The number of rotatable bonds is 8. The van der Waals surface area contributed by atoms with Crippen molar-refractivity contribution < 1.29 is 9.50 Å². The lowest BCUT2D eigenvalue weighted by molar-refractivity contribution is 0.159. The largest absolute Gasteiger partial charge is 0.396 e. The van der Waals surface area contributed by atoms with E-state index in [1.54, 1.807) is 12.1 Å². The number of aliphatic hydroxyl groups is 1. The van der Waals surface area contributed by atoms with E-state index >= 15 is 0 Å². The van der Waals surface area contributed by atoms with E-state index in [0.717, 1.165) is 31.5 Å². The van der Waals surface area contributed by atoms with Gasteiger partial charge < -0.3 is 10.8 Å². The third-order valence-electron chi connectivity index (χ3n) is 3.49. The molecule has 1 rings (SSSR count). The highest BCUT2D eigenvalue weighted by Gasteiger charge is 2.24. The van der Waals surface area contributed by atoms with Crippen LogP contribution in [0.1, 0.15) is 38.3 Å². The normalized spacial score (nSPS) is 14.6. The smallest absolute Gasteiger partial charge is 0.123 e. The molecule has 0 radical (unpaired) electrons. The Bertz CT molecular complexity index is 356. The predicted octanol–water partition coefficient (Wildman–Crippen LogP) is 2.31. The predicted molar refractivity (Wildman–Crippen MR) is 76.4 cm³/mol. The van der Waals surface area contributed by atoms with Crippen LogP contribution in [-0.4, -0.2) is 35.7 Å². The van der Waals surface area contributed by atoms with Gasteiger partial charge in [0.1, 0.15) is 5.82 Å². The number of nitrogens with zero attached hydrogens (tertiary/aromatic N) is 1. The zero-order valence-electron chi connectivity index (χ0n) is 11.8. The molecule has 3 nitrogen and oxygen atoms in total. The minimum Gasteiger partial charge on any atom is -0.396 e. The fourth-order valence-electron chi connectivity index (χ4n) is 2.38. The fraction of sp³-hybridized carbons (Fsp3) is 0.600. The van der Waals surface area contributed by atoms with Crippen LogP contribution in [0.4, 0.5) is 4.39 Å². The van der Waals surface area contributed by atoms with Gasteiger partial charge in [0.2, 0.25) is 0 Å². The maximum Gasteiger partial charge on any atom is 0.123 e. The number of likely N-dealkylation sites (N-methyl/N-ethyl adjacent to an activating group) is 1. The van der Waals surface area contributed by atoms with E-state index in [1.807, 2.05) is 0 Å². The van der Waals surface area contributed by atoms with Crippen LogP contribution < -0.4 is 5.73 Å². The van der Waals surface area contributed by atoms with Crippen molar-refractivity contribution >= 4 is 0 Å². The molecule has 108 valence electrons. The van der Waals surface area contributed by atoms with Gasteiger partial charge in [-0.15, -0.1) is 0 Å². The van der Waals surface area contributed by atoms with Gasteiger partial charge in [0, 0.05) is 25.2 Å². The fourth-order valence-corrected chi connectivity index (χ4v) is 2.38. The summed E-state index contributed by atoms with van der Waals surface area (Å²) in [7, 11) is 0. The summed E-state index contributed by atoms with van der Waals surface area (Å²) < 4.78 is 13.0. The Hall–Kier alpha value is -0.970. The molecule has 0 saturated heterocycles. The number of aliphatic hydroxyl groups excluding tert-OH is 1. The molecule has 0 aliphatic heterocycles. The summed E-state index contributed by atoms with van der Waals surface area (Å²) in [6.45, 7) is 5.96. The Balaban J connectivity index is 2.95. The highest BCUT2D eigenvalue weighted by atomic mass is 19.1. The molecule has 1 aromatic rings.